The Bertz CT molecular complexity index is 611. The Morgan fingerprint density at radius 2 is 2.06 bits per heavy atom. The van der Waals surface area contributed by atoms with Crippen LogP contribution in [0.15, 0.2) is 30.5 Å². The highest BCUT2D eigenvalue weighted by Crippen LogP contribution is 2.65. The molecule has 0 bridgehead atoms. The zero-order chi connectivity index (χ0) is 12.3. The summed E-state index contributed by atoms with van der Waals surface area (Å²) in [6.07, 6.45) is 2.56. The van der Waals surface area contributed by atoms with Crippen molar-refractivity contribution in [3.8, 4) is 0 Å². The molecule has 0 radical (unpaired) electrons. The molecule has 1 aliphatic carbocycles. The van der Waals surface area contributed by atoms with E-state index in [-0.39, 0.29) is 5.41 Å². The predicted molar refractivity (Wildman–Crippen MR) is 66.0 cm³/mol. The molecule has 1 saturated carbocycles. The van der Waals surface area contributed by atoms with Gasteiger partial charge < -0.3 is 10.1 Å². The van der Waals surface area contributed by atoms with E-state index < -0.39 is 11.4 Å². The fourth-order valence-corrected chi connectivity index (χ4v) is 3.00. The third-order valence-electron chi connectivity index (χ3n) is 4.15. The van der Waals surface area contributed by atoms with Gasteiger partial charge >= 0.3 is 5.97 Å². The van der Waals surface area contributed by atoms with E-state index in [2.05, 4.69) is 4.98 Å². The molecule has 0 aliphatic heterocycles. The van der Waals surface area contributed by atoms with Crippen molar-refractivity contribution in [3.63, 3.8) is 0 Å². The molecular weight excluding hydrogens is 214 g/mol. The molecule has 0 spiro atoms. The lowest BCUT2D eigenvalue weighted by Crippen LogP contribution is -2.25. The molecule has 3 heteroatoms. The van der Waals surface area contributed by atoms with Crippen molar-refractivity contribution < 1.29 is 9.90 Å². The minimum Gasteiger partial charge on any atom is -0.481 e. The standard InChI is InChI=1S/C14H15NO2/c1-13(2)8-14(13,12(16)17)10-5-3-4-9-6-7-15-11(9)10/h3-7,15H,8H2,1-2H3,(H,16,17). The van der Waals surface area contributed by atoms with Crippen LogP contribution in [0, 0.1) is 5.41 Å². The summed E-state index contributed by atoms with van der Waals surface area (Å²) in [4.78, 5) is 14.8. The summed E-state index contributed by atoms with van der Waals surface area (Å²) in [6.45, 7) is 4.03. The van der Waals surface area contributed by atoms with Gasteiger partial charge in [-0.15, -0.1) is 0 Å². The van der Waals surface area contributed by atoms with Gasteiger partial charge in [-0.3, -0.25) is 4.79 Å². The number of carbonyl (C=O) groups is 1. The first kappa shape index (κ1) is 10.4. The number of benzene rings is 1. The van der Waals surface area contributed by atoms with Crippen molar-refractivity contribution in [3.05, 3.63) is 36.0 Å². The molecule has 1 aromatic carbocycles. The van der Waals surface area contributed by atoms with Gasteiger partial charge in [-0.2, -0.15) is 0 Å². The van der Waals surface area contributed by atoms with Crippen LogP contribution in [0.3, 0.4) is 0 Å². The monoisotopic (exact) mass is 229 g/mol. The number of hydrogen-bond acceptors (Lipinski definition) is 1. The van der Waals surface area contributed by atoms with E-state index >= 15 is 0 Å². The number of fused-ring (bicyclic) bond motifs is 1. The van der Waals surface area contributed by atoms with E-state index in [1.54, 1.807) is 0 Å². The van der Waals surface area contributed by atoms with Crippen LogP contribution in [-0.4, -0.2) is 16.1 Å². The van der Waals surface area contributed by atoms with Crippen LogP contribution in [0.2, 0.25) is 0 Å². The average Bonchev–Trinajstić information content (AvgIpc) is 2.67. The number of rotatable bonds is 2. The van der Waals surface area contributed by atoms with E-state index in [1.807, 2.05) is 44.3 Å². The van der Waals surface area contributed by atoms with Crippen LogP contribution in [0.1, 0.15) is 25.8 Å². The average molecular weight is 229 g/mol. The number of carboxylic acid groups (broad SMARTS) is 1. The Labute approximate surface area is 99.5 Å². The number of nitrogens with one attached hydrogen (secondary N) is 1. The molecule has 17 heavy (non-hydrogen) atoms. The summed E-state index contributed by atoms with van der Waals surface area (Å²) in [5.74, 6) is -0.718. The third kappa shape index (κ3) is 1.14. The lowest BCUT2D eigenvalue weighted by molar-refractivity contribution is -0.141. The highest BCUT2D eigenvalue weighted by molar-refractivity contribution is 5.94. The van der Waals surface area contributed by atoms with Gasteiger partial charge in [-0.25, -0.2) is 0 Å². The molecule has 3 nitrogen and oxygen atoms in total. The Hall–Kier alpha value is -1.77. The van der Waals surface area contributed by atoms with Crippen LogP contribution >= 0.6 is 0 Å². The Balaban J connectivity index is 2.28. The molecule has 1 fully saturated rings. The molecule has 1 aliphatic rings. The number of aromatic amines is 1. The molecule has 0 saturated heterocycles. The normalized spacial score (nSPS) is 26.0. The number of para-hydroxylation sites is 1. The maximum Gasteiger partial charge on any atom is 0.314 e. The van der Waals surface area contributed by atoms with Gasteiger partial charge in [0.1, 0.15) is 5.41 Å². The van der Waals surface area contributed by atoms with Gasteiger partial charge in [0, 0.05) is 11.7 Å². The van der Waals surface area contributed by atoms with Crippen LogP contribution in [-0.2, 0) is 10.2 Å². The second-order valence-electron chi connectivity index (χ2n) is 5.52. The number of aliphatic carboxylic acids is 1. The summed E-state index contributed by atoms with van der Waals surface area (Å²) in [5.41, 5.74) is 0.980. The van der Waals surface area contributed by atoms with E-state index in [0.29, 0.717) is 6.42 Å². The van der Waals surface area contributed by atoms with Crippen molar-refractivity contribution in [2.75, 3.05) is 0 Å². The van der Waals surface area contributed by atoms with Gasteiger partial charge in [0.05, 0.1) is 0 Å². The summed E-state index contributed by atoms with van der Waals surface area (Å²) in [5, 5.41) is 10.7. The maximum atomic E-state index is 11.7. The van der Waals surface area contributed by atoms with Crippen LogP contribution in [0.25, 0.3) is 10.9 Å². The van der Waals surface area contributed by atoms with Crippen molar-refractivity contribution in [2.24, 2.45) is 5.41 Å². The summed E-state index contributed by atoms with van der Waals surface area (Å²) < 4.78 is 0. The number of hydrogen-bond donors (Lipinski definition) is 2. The summed E-state index contributed by atoms with van der Waals surface area (Å²) in [6, 6.07) is 7.84. The number of aromatic nitrogens is 1. The van der Waals surface area contributed by atoms with E-state index in [0.717, 1.165) is 16.5 Å². The Kier molecular flexibility index (Phi) is 1.78. The summed E-state index contributed by atoms with van der Waals surface area (Å²) in [7, 11) is 0. The first-order valence-corrected chi connectivity index (χ1v) is 5.79. The molecule has 2 aromatic rings. The molecular formula is C14H15NO2. The lowest BCUT2D eigenvalue weighted by atomic mass is 9.87. The smallest absolute Gasteiger partial charge is 0.314 e. The Morgan fingerprint density at radius 1 is 1.35 bits per heavy atom. The quantitative estimate of drug-likeness (QED) is 0.831. The van der Waals surface area contributed by atoms with Crippen LogP contribution in [0.4, 0.5) is 0 Å². The topological polar surface area (TPSA) is 53.1 Å². The maximum absolute atomic E-state index is 11.7. The fraction of sp³-hybridized carbons (Fsp3) is 0.357. The van der Waals surface area contributed by atoms with Crippen molar-refractivity contribution in [1.82, 2.24) is 4.98 Å². The first-order chi connectivity index (χ1) is 7.99. The van der Waals surface area contributed by atoms with Gasteiger partial charge in [-0.1, -0.05) is 32.0 Å². The van der Waals surface area contributed by atoms with E-state index in [4.69, 9.17) is 0 Å². The van der Waals surface area contributed by atoms with Crippen LogP contribution in [0.5, 0.6) is 0 Å². The van der Waals surface area contributed by atoms with Gasteiger partial charge in [0.25, 0.3) is 0 Å². The molecule has 88 valence electrons. The van der Waals surface area contributed by atoms with Gasteiger partial charge in [0.2, 0.25) is 0 Å². The predicted octanol–water partition coefficient (Wildman–Crippen LogP) is 2.92. The van der Waals surface area contributed by atoms with E-state index in [1.165, 1.54) is 0 Å². The summed E-state index contributed by atoms with van der Waals surface area (Å²) >= 11 is 0. The second kappa shape index (κ2) is 2.92. The highest BCUT2D eigenvalue weighted by atomic mass is 16.4. The van der Waals surface area contributed by atoms with Crippen LogP contribution < -0.4 is 0 Å². The van der Waals surface area contributed by atoms with Crippen molar-refractivity contribution in [2.45, 2.75) is 25.7 Å². The molecule has 0 amide bonds. The van der Waals surface area contributed by atoms with Crippen molar-refractivity contribution in [1.29, 1.82) is 0 Å². The zero-order valence-corrected chi connectivity index (χ0v) is 9.95. The van der Waals surface area contributed by atoms with Gasteiger partial charge in [0.15, 0.2) is 0 Å². The SMILES string of the molecule is CC1(C)CC1(C(=O)O)c1cccc2cc[nH]c12. The molecule has 1 atom stereocenters. The zero-order valence-electron chi connectivity index (χ0n) is 9.95. The molecule has 1 unspecified atom stereocenters. The Morgan fingerprint density at radius 3 is 2.65 bits per heavy atom. The molecule has 1 aromatic heterocycles. The van der Waals surface area contributed by atoms with Gasteiger partial charge in [-0.05, 0) is 28.9 Å². The van der Waals surface area contributed by atoms with E-state index in [9.17, 15) is 9.90 Å². The minimum atomic E-state index is -0.725. The molecule has 1 heterocycles. The lowest BCUT2D eigenvalue weighted by Gasteiger charge is -2.17. The van der Waals surface area contributed by atoms with Crippen molar-refractivity contribution >= 4 is 16.9 Å². The fourth-order valence-electron chi connectivity index (χ4n) is 3.00. The minimum absolute atomic E-state index is 0.168. The largest absolute Gasteiger partial charge is 0.481 e. The second-order valence-corrected chi connectivity index (χ2v) is 5.52. The highest BCUT2D eigenvalue weighted by Gasteiger charge is 2.68. The molecule has 2 N–H and O–H groups in total. The first-order valence-electron chi connectivity index (χ1n) is 5.79. The third-order valence-corrected chi connectivity index (χ3v) is 4.15. The molecule has 3 rings (SSSR count). The number of H-pyrrole nitrogens is 1. The number of carboxylic acids is 1.